The fourth-order valence-electron chi connectivity index (χ4n) is 2.35. The van der Waals surface area contributed by atoms with Gasteiger partial charge in [-0.3, -0.25) is 19.2 Å². The van der Waals surface area contributed by atoms with Gasteiger partial charge in [0.05, 0.1) is 12.6 Å². The first-order valence-electron chi connectivity index (χ1n) is 9.49. The van der Waals surface area contributed by atoms with E-state index in [1.54, 1.807) is 13.8 Å². The molecule has 0 aromatic heterocycles. The molecule has 0 spiro atoms. The van der Waals surface area contributed by atoms with Gasteiger partial charge in [0, 0.05) is 6.42 Å². The van der Waals surface area contributed by atoms with Crippen molar-refractivity contribution >= 4 is 29.6 Å². The number of primary amides is 1. The van der Waals surface area contributed by atoms with Gasteiger partial charge in [0.2, 0.25) is 23.6 Å². The molecule has 0 aliphatic carbocycles. The summed E-state index contributed by atoms with van der Waals surface area (Å²) in [5.74, 6) is -3.92. The van der Waals surface area contributed by atoms with E-state index in [1.807, 2.05) is 13.8 Å². The summed E-state index contributed by atoms with van der Waals surface area (Å²) >= 11 is 0. The van der Waals surface area contributed by atoms with E-state index in [2.05, 4.69) is 16.0 Å². The minimum atomic E-state index is -1.17. The molecule has 0 aliphatic rings. The van der Waals surface area contributed by atoms with Crippen LogP contribution < -0.4 is 27.4 Å². The topological polar surface area (TPSA) is 194 Å². The summed E-state index contributed by atoms with van der Waals surface area (Å²) in [5, 5.41) is 16.3. The lowest BCUT2D eigenvalue weighted by atomic mass is 10.0. The summed E-state index contributed by atoms with van der Waals surface area (Å²) in [7, 11) is 0. The number of nitrogens with one attached hydrogen (secondary N) is 3. The van der Waals surface area contributed by atoms with Crippen molar-refractivity contribution < 1.29 is 29.1 Å². The second kappa shape index (κ2) is 12.7. The number of hydrogen-bond acceptors (Lipinski definition) is 6. The summed E-state index contributed by atoms with van der Waals surface area (Å²) in [6, 6.07) is -3.04. The number of carbonyl (C=O) groups is 5. The number of carboxylic acids is 1. The Morgan fingerprint density at radius 1 is 0.931 bits per heavy atom. The van der Waals surface area contributed by atoms with Crippen LogP contribution in [-0.4, -0.2) is 59.4 Å². The lowest BCUT2D eigenvalue weighted by Crippen LogP contribution is -2.54. The Labute approximate surface area is 170 Å². The van der Waals surface area contributed by atoms with Gasteiger partial charge in [-0.25, -0.2) is 4.79 Å². The number of carbonyl (C=O) groups excluding carboxylic acids is 4. The Morgan fingerprint density at radius 3 is 1.97 bits per heavy atom. The molecule has 0 saturated carbocycles. The molecule has 4 amide bonds. The van der Waals surface area contributed by atoms with Crippen LogP contribution in [0.15, 0.2) is 0 Å². The zero-order valence-corrected chi connectivity index (χ0v) is 17.4. The average molecular weight is 415 g/mol. The molecule has 3 atom stereocenters. The molecular formula is C18H33N5O6. The minimum absolute atomic E-state index is 0.0459. The van der Waals surface area contributed by atoms with Crippen LogP contribution in [0.3, 0.4) is 0 Å². The van der Waals surface area contributed by atoms with Gasteiger partial charge in [-0.15, -0.1) is 0 Å². The van der Waals surface area contributed by atoms with Crippen molar-refractivity contribution in [2.24, 2.45) is 23.3 Å². The molecule has 166 valence electrons. The first-order chi connectivity index (χ1) is 13.3. The Kier molecular flexibility index (Phi) is 11.5. The van der Waals surface area contributed by atoms with Crippen molar-refractivity contribution in [2.45, 2.75) is 65.1 Å². The number of amides is 4. The second-order valence-corrected chi connectivity index (χ2v) is 7.64. The summed E-state index contributed by atoms with van der Waals surface area (Å²) < 4.78 is 0. The van der Waals surface area contributed by atoms with Crippen LogP contribution in [0, 0.1) is 11.8 Å². The monoisotopic (exact) mass is 415 g/mol. The molecule has 0 aromatic rings. The Hall–Kier alpha value is -2.69. The lowest BCUT2D eigenvalue weighted by molar-refractivity contribution is -0.142. The molecule has 3 unspecified atom stereocenters. The van der Waals surface area contributed by atoms with E-state index in [1.165, 1.54) is 0 Å². The van der Waals surface area contributed by atoms with E-state index in [0.717, 1.165) is 0 Å². The first-order valence-corrected chi connectivity index (χ1v) is 9.49. The molecule has 0 aliphatic heterocycles. The quantitative estimate of drug-likeness (QED) is 0.209. The number of carboxylic acid groups (broad SMARTS) is 1. The maximum absolute atomic E-state index is 12.4. The van der Waals surface area contributed by atoms with E-state index in [0.29, 0.717) is 0 Å². The highest BCUT2D eigenvalue weighted by Crippen LogP contribution is 2.05. The van der Waals surface area contributed by atoms with Crippen LogP contribution >= 0.6 is 0 Å². The highest BCUT2D eigenvalue weighted by Gasteiger charge is 2.26. The van der Waals surface area contributed by atoms with Crippen molar-refractivity contribution in [3.05, 3.63) is 0 Å². The Morgan fingerprint density at radius 2 is 1.52 bits per heavy atom. The van der Waals surface area contributed by atoms with Gasteiger partial charge in [-0.1, -0.05) is 27.7 Å². The molecule has 0 heterocycles. The van der Waals surface area contributed by atoms with Gasteiger partial charge < -0.3 is 32.5 Å². The molecule has 0 radical (unpaired) electrons. The van der Waals surface area contributed by atoms with Gasteiger partial charge in [0.1, 0.15) is 12.1 Å². The Bertz CT molecular complexity index is 608. The predicted molar refractivity (Wildman–Crippen MR) is 105 cm³/mol. The van der Waals surface area contributed by atoms with Gasteiger partial charge in [0.25, 0.3) is 0 Å². The van der Waals surface area contributed by atoms with Gasteiger partial charge in [-0.2, -0.15) is 0 Å². The third kappa shape index (κ3) is 11.0. The van der Waals surface area contributed by atoms with E-state index in [4.69, 9.17) is 16.6 Å². The van der Waals surface area contributed by atoms with Crippen molar-refractivity contribution in [1.29, 1.82) is 0 Å². The number of rotatable bonds is 13. The average Bonchev–Trinajstić information content (AvgIpc) is 2.60. The van der Waals surface area contributed by atoms with Crippen LogP contribution in [0.4, 0.5) is 0 Å². The first kappa shape index (κ1) is 26.3. The zero-order valence-electron chi connectivity index (χ0n) is 17.4. The number of aliphatic carboxylic acids is 1. The van der Waals surface area contributed by atoms with Crippen molar-refractivity contribution in [3.63, 3.8) is 0 Å². The second-order valence-electron chi connectivity index (χ2n) is 7.64. The van der Waals surface area contributed by atoms with E-state index in [9.17, 15) is 24.0 Å². The molecule has 0 bridgehead atoms. The summed E-state index contributed by atoms with van der Waals surface area (Å²) in [4.78, 5) is 58.7. The van der Waals surface area contributed by atoms with Crippen LogP contribution in [0.25, 0.3) is 0 Å². The summed E-state index contributed by atoms with van der Waals surface area (Å²) in [5.41, 5.74) is 10.9. The minimum Gasteiger partial charge on any atom is -0.480 e. The number of hydrogen-bond donors (Lipinski definition) is 6. The van der Waals surface area contributed by atoms with Gasteiger partial charge in [0.15, 0.2) is 0 Å². The maximum atomic E-state index is 12.4. The third-order valence-corrected chi connectivity index (χ3v) is 4.10. The van der Waals surface area contributed by atoms with Crippen molar-refractivity contribution in [3.8, 4) is 0 Å². The SMILES string of the molecule is CC(C)CC(NC(=O)CNC(=O)C(CCC(N)=O)NC(=O)C(N)C(C)C)C(=O)O. The molecule has 11 nitrogen and oxygen atoms in total. The standard InChI is InChI=1S/C18H33N5O6/c1-9(2)7-12(18(28)29)22-14(25)8-21-16(26)11(5-6-13(19)24)23-17(27)15(20)10(3)4/h9-12,15H,5-8,20H2,1-4H3,(H2,19,24)(H,21,26)(H,22,25)(H,23,27)(H,28,29). The van der Waals surface area contributed by atoms with Crippen LogP contribution in [-0.2, 0) is 24.0 Å². The summed E-state index contributed by atoms with van der Waals surface area (Å²) in [6.07, 6.45) is 0.0147. The molecule has 11 heteroatoms. The molecule has 0 rings (SSSR count). The van der Waals surface area contributed by atoms with Crippen LogP contribution in [0.2, 0.25) is 0 Å². The van der Waals surface area contributed by atoms with E-state index < -0.39 is 54.3 Å². The molecular weight excluding hydrogens is 382 g/mol. The van der Waals surface area contributed by atoms with Crippen LogP contribution in [0.1, 0.15) is 47.0 Å². The number of nitrogens with two attached hydrogens (primary N) is 2. The lowest BCUT2D eigenvalue weighted by Gasteiger charge is -2.22. The highest BCUT2D eigenvalue weighted by atomic mass is 16.4. The molecule has 0 saturated heterocycles. The smallest absolute Gasteiger partial charge is 0.326 e. The maximum Gasteiger partial charge on any atom is 0.326 e. The van der Waals surface area contributed by atoms with Crippen LogP contribution in [0.5, 0.6) is 0 Å². The Balaban J connectivity index is 4.89. The predicted octanol–water partition coefficient (Wildman–Crippen LogP) is -1.55. The van der Waals surface area contributed by atoms with Gasteiger partial charge in [-0.05, 0) is 24.7 Å². The zero-order chi connectivity index (χ0) is 22.7. The fraction of sp³-hybridized carbons (Fsp3) is 0.722. The molecule has 0 aromatic carbocycles. The molecule has 29 heavy (non-hydrogen) atoms. The molecule has 0 fully saturated rings. The third-order valence-electron chi connectivity index (χ3n) is 4.10. The molecule has 8 N–H and O–H groups in total. The fourth-order valence-corrected chi connectivity index (χ4v) is 2.35. The summed E-state index contributed by atoms with van der Waals surface area (Å²) in [6.45, 7) is 6.63. The van der Waals surface area contributed by atoms with E-state index in [-0.39, 0.29) is 31.1 Å². The highest BCUT2D eigenvalue weighted by molar-refractivity contribution is 5.93. The largest absolute Gasteiger partial charge is 0.480 e. The normalized spacial score (nSPS) is 14.0. The van der Waals surface area contributed by atoms with Crippen molar-refractivity contribution in [1.82, 2.24) is 16.0 Å². The van der Waals surface area contributed by atoms with E-state index >= 15 is 0 Å². The van der Waals surface area contributed by atoms with Crippen molar-refractivity contribution in [2.75, 3.05) is 6.54 Å². The van der Waals surface area contributed by atoms with Gasteiger partial charge >= 0.3 is 5.97 Å².